The van der Waals surface area contributed by atoms with Gasteiger partial charge in [-0.3, -0.25) is 9.69 Å². The lowest BCUT2D eigenvalue weighted by Crippen LogP contribution is -2.57. The van der Waals surface area contributed by atoms with Crippen LogP contribution in [-0.2, 0) is 4.79 Å². The third kappa shape index (κ3) is 1.22. The third-order valence-electron chi connectivity index (χ3n) is 4.00. The molecule has 1 N–H and O–H groups in total. The van der Waals surface area contributed by atoms with E-state index in [1.807, 2.05) is 0 Å². The number of piperidine rings is 1. The van der Waals surface area contributed by atoms with Gasteiger partial charge in [-0.2, -0.15) is 0 Å². The Balaban J connectivity index is 2.31. The summed E-state index contributed by atoms with van der Waals surface area (Å²) in [5, 5.41) is 9.74. The maximum Gasteiger partial charge on any atom is 0.150 e. The van der Waals surface area contributed by atoms with Crippen molar-refractivity contribution in [3.8, 4) is 0 Å². The van der Waals surface area contributed by atoms with Crippen LogP contribution in [0.1, 0.15) is 39.5 Å². The molecule has 0 radical (unpaired) electrons. The third-order valence-corrected chi connectivity index (χ3v) is 4.00. The zero-order valence-corrected chi connectivity index (χ0v) is 8.99. The molecule has 0 aromatic carbocycles. The van der Waals surface area contributed by atoms with E-state index in [1.54, 1.807) is 6.92 Å². The van der Waals surface area contributed by atoms with Gasteiger partial charge in [0.15, 0.2) is 0 Å². The Labute approximate surface area is 85.1 Å². The van der Waals surface area contributed by atoms with Crippen molar-refractivity contribution in [2.24, 2.45) is 0 Å². The summed E-state index contributed by atoms with van der Waals surface area (Å²) in [6, 6.07) is 0.438. The van der Waals surface area contributed by atoms with Gasteiger partial charge in [0.25, 0.3) is 0 Å². The number of nitrogens with zero attached hydrogens (tertiary/aromatic N) is 1. The summed E-state index contributed by atoms with van der Waals surface area (Å²) in [6.45, 7) is 4.70. The lowest BCUT2D eigenvalue weighted by Gasteiger charge is -2.44. The van der Waals surface area contributed by atoms with Crippen LogP contribution in [0.2, 0.25) is 0 Å². The van der Waals surface area contributed by atoms with E-state index < -0.39 is 0 Å². The van der Waals surface area contributed by atoms with E-state index in [0.29, 0.717) is 12.5 Å². The van der Waals surface area contributed by atoms with E-state index in [9.17, 15) is 9.90 Å². The maximum absolute atomic E-state index is 11.7. The number of carbonyl (C=O) groups is 1. The minimum atomic E-state index is -0.322. The van der Waals surface area contributed by atoms with Crippen LogP contribution >= 0.6 is 0 Å². The lowest BCUT2D eigenvalue weighted by molar-refractivity contribution is -0.133. The van der Waals surface area contributed by atoms with Crippen LogP contribution in [0.4, 0.5) is 0 Å². The zero-order chi connectivity index (χ0) is 10.3. The van der Waals surface area contributed by atoms with Crippen molar-refractivity contribution >= 4 is 5.78 Å². The van der Waals surface area contributed by atoms with Gasteiger partial charge in [0.05, 0.1) is 11.6 Å². The van der Waals surface area contributed by atoms with E-state index in [0.717, 1.165) is 25.8 Å². The molecule has 2 rings (SSSR count). The quantitative estimate of drug-likeness (QED) is 0.716. The molecular formula is C11H19NO2. The molecule has 3 atom stereocenters. The van der Waals surface area contributed by atoms with Gasteiger partial charge in [-0.1, -0.05) is 6.92 Å². The van der Waals surface area contributed by atoms with Crippen LogP contribution in [0.5, 0.6) is 0 Å². The summed E-state index contributed by atoms with van der Waals surface area (Å²) in [4.78, 5) is 14.0. The number of Topliss-reactive ketones (excluding diaryl/α,β-unsaturated/α-hetero) is 1. The number of fused-ring (bicyclic) bond motifs is 2. The van der Waals surface area contributed by atoms with Crippen molar-refractivity contribution in [3.63, 3.8) is 0 Å². The molecule has 80 valence electrons. The van der Waals surface area contributed by atoms with Crippen molar-refractivity contribution in [2.75, 3.05) is 6.54 Å². The molecule has 2 heterocycles. The molecule has 0 aromatic heterocycles. The van der Waals surface area contributed by atoms with Gasteiger partial charge in [0.1, 0.15) is 5.78 Å². The Morgan fingerprint density at radius 3 is 2.93 bits per heavy atom. The molecule has 0 aliphatic carbocycles. The van der Waals surface area contributed by atoms with Crippen molar-refractivity contribution in [1.29, 1.82) is 0 Å². The monoisotopic (exact) mass is 197 g/mol. The maximum atomic E-state index is 11.7. The largest absolute Gasteiger partial charge is 0.393 e. The molecule has 2 fully saturated rings. The highest BCUT2D eigenvalue weighted by Crippen LogP contribution is 2.44. The van der Waals surface area contributed by atoms with Crippen LogP contribution < -0.4 is 0 Å². The van der Waals surface area contributed by atoms with Gasteiger partial charge < -0.3 is 5.11 Å². The number of aliphatic hydroxyl groups excluding tert-OH is 1. The molecule has 0 spiro atoms. The fraction of sp³-hybridized carbons (Fsp3) is 0.909. The molecule has 0 saturated carbocycles. The molecule has 0 aromatic rings. The van der Waals surface area contributed by atoms with Crippen molar-refractivity contribution < 1.29 is 9.90 Å². The highest BCUT2D eigenvalue weighted by atomic mass is 16.3. The fourth-order valence-electron chi connectivity index (χ4n) is 3.39. The molecule has 3 heteroatoms. The first-order chi connectivity index (χ1) is 6.60. The van der Waals surface area contributed by atoms with E-state index in [-0.39, 0.29) is 17.4 Å². The van der Waals surface area contributed by atoms with Gasteiger partial charge >= 0.3 is 0 Å². The second kappa shape index (κ2) is 3.31. The normalized spacial score (nSPS) is 42.8. The number of hydrogen-bond acceptors (Lipinski definition) is 3. The van der Waals surface area contributed by atoms with Gasteiger partial charge in [-0.15, -0.1) is 0 Å². The topological polar surface area (TPSA) is 40.5 Å². The number of ketones is 1. The van der Waals surface area contributed by atoms with Crippen molar-refractivity contribution in [2.45, 2.75) is 57.2 Å². The van der Waals surface area contributed by atoms with Crippen molar-refractivity contribution in [1.82, 2.24) is 4.90 Å². The average Bonchev–Trinajstić information content (AvgIpc) is 2.35. The van der Waals surface area contributed by atoms with E-state index in [4.69, 9.17) is 0 Å². The Hall–Kier alpha value is -0.410. The fourth-order valence-corrected chi connectivity index (χ4v) is 3.39. The lowest BCUT2D eigenvalue weighted by atomic mass is 9.83. The standard InChI is InChI=1S/C11H19NO2/c1-3-12-9-4-5-11(12,8(2)13)7-10(14)6-9/h9-10,14H,3-7H2,1-2H3. The molecule has 3 nitrogen and oxygen atoms in total. The number of rotatable bonds is 2. The summed E-state index contributed by atoms with van der Waals surface area (Å²) < 4.78 is 0. The van der Waals surface area contributed by atoms with E-state index >= 15 is 0 Å². The number of hydrogen-bond donors (Lipinski definition) is 1. The summed E-state index contributed by atoms with van der Waals surface area (Å²) in [6.07, 6.45) is 3.24. The molecule has 0 amide bonds. The summed E-state index contributed by atoms with van der Waals surface area (Å²) in [5.41, 5.74) is -0.322. The van der Waals surface area contributed by atoms with Crippen LogP contribution in [0.3, 0.4) is 0 Å². The highest BCUT2D eigenvalue weighted by molar-refractivity contribution is 5.86. The zero-order valence-electron chi connectivity index (χ0n) is 8.99. The van der Waals surface area contributed by atoms with Gasteiger partial charge in [-0.25, -0.2) is 0 Å². The Kier molecular flexibility index (Phi) is 2.40. The van der Waals surface area contributed by atoms with E-state index in [1.165, 1.54) is 0 Å². The van der Waals surface area contributed by atoms with Crippen LogP contribution in [0.25, 0.3) is 0 Å². The smallest absolute Gasteiger partial charge is 0.150 e. The molecule has 2 aliphatic heterocycles. The molecule has 2 bridgehead atoms. The predicted molar refractivity (Wildman–Crippen MR) is 54.1 cm³/mol. The number of likely N-dealkylation sites (N-methyl/N-ethyl adjacent to an activating group) is 1. The Bertz CT molecular complexity index is 254. The summed E-state index contributed by atoms with van der Waals surface area (Å²) in [5.74, 6) is 0.237. The molecule has 3 unspecified atom stereocenters. The first-order valence-corrected chi connectivity index (χ1v) is 5.56. The molecule has 14 heavy (non-hydrogen) atoms. The predicted octanol–water partition coefficient (Wildman–Crippen LogP) is 0.953. The highest BCUT2D eigenvalue weighted by Gasteiger charge is 2.53. The SMILES string of the molecule is CCN1C2CCC1(C(C)=O)CC(O)C2. The minimum Gasteiger partial charge on any atom is -0.393 e. The van der Waals surface area contributed by atoms with E-state index in [2.05, 4.69) is 11.8 Å². The first kappa shape index (κ1) is 10.1. The van der Waals surface area contributed by atoms with Gasteiger partial charge in [0, 0.05) is 6.04 Å². The second-order valence-electron chi connectivity index (χ2n) is 4.66. The second-order valence-corrected chi connectivity index (χ2v) is 4.66. The van der Waals surface area contributed by atoms with Crippen LogP contribution in [0.15, 0.2) is 0 Å². The van der Waals surface area contributed by atoms with Gasteiger partial charge in [0.2, 0.25) is 0 Å². The average molecular weight is 197 g/mol. The number of carbonyl (C=O) groups excluding carboxylic acids is 1. The van der Waals surface area contributed by atoms with Crippen LogP contribution in [-0.4, -0.2) is 40.0 Å². The minimum absolute atomic E-state index is 0.237. The summed E-state index contributed by atoms with van der Waals surface area (Å²) >= 11 is 0. The summed E-state index contributed by atoms with van der Waals surface area (Å²) in [7, 11) is 0. The number of aliphatic hydroxyl groups is 1. The molecule has 2 aliphatic rings. The van der Waals surface area contributed by atoms with Crippen molar-refractivity contribution in [3.05, 3.63) is 0 Å². The Morgan fingerprint density at radius 2 is 2.36 bits per heavy atom. The first-order valence-electron chi connectivity index (χ1n) is 5.56. The van der Waals surface area contributed by atoms with Gasteiger partial charge in [-0.05, 0) is 39.2 Å². The Morgan fingerprint density at radius 1 is 1.64 bits per heavy atom. The molecule has 2 saturated heterocycles. The van der Waals surface area contributed by atoms with Crippen LogP contribution in [0, 0.1) is 0 Å². The molecular weight excluding hydrogens is 178 g/mol.